The maximum atomic E-state index is 5.75. The van der Waals surface area contributed by atoms with Crippen molar-refractivity contribution in [3.63, 3.8) is 0 Å². The smallest absolute Gasteiger partial charge is 0.189 e. The number of nitrogens with zero attached hydrogens (tertiary/aromatic N) is 2. The highest BCUT2D eigenvalue weighted by atomic mass is 32.1. The number of aryl methyl sites for hydroxylation is 1. The number of ether oxygens (including phenoxy) is 1. The van der Waals surface area contributed by atoms with E-state index < -0.39 is 0 Å². The monoisotopic (exact) mass is 256 g/mol. The number of hydrogen-bond donors (Lipinski definition) is 2. The lowest BCUT2D eigenvalue weighted by Crippen LogP contribution is -2.40. The number of rotatable bonds is 6. The summed E-state index contributed by atoms with van der Waals surface area (Å²) >= 11 is 1.66. The van der Waals surface area contributed by atoms with Gasteiger partial charge < -0.3 is 15.8 Å². The second kappa shape index (κ2) is 7.24. The third-order valence-corrected chi connectivity index (χ3v) is 3.17. The zero-order valence-corrected chi connectivity index (χ0v) is 11.4. The van der Waals surface area contributed by atoms with Crippen LogP contribution in [0.15, 0.2) is 10.4 Å². The number of aliphatic imine (C=N–C) groups is 1. The summed E-state index contributed by atoms with van der Waals surface area (Å²) in [5.41, 5.74) is 6.72. The molecule has 96 valence electrons. The van der Waals surface area contributed by atoms with Crippen LogP contribution in [0.3, 0.4) is 0 Å². The van der Waals surface area contributed by atoms with Crippen molar-refractivity contribution in [2.45, 2.75) is 32.9 Å². The Morgan fingerprint density at radius 3 is 3.06 bits per heavy atom. The lowest BCUT2D eigenvalue weighted by atomic mass is 10.4. The summed E-state index contributed by atoms with van der Waals surface area (Å²) in [6, 6.07) is 0.158. The Labute approximate surface area is 106 Å². The van der Waals surface area contributed by atoms with Crippen molar-refractivity contribution >= 4 is 17.3 Å². The Morgan fingerprint density at radius 1 is 1.71 bits per heavy atom. The molecule has 0 spiro atoms. The van der Waals surface area contributed by atoms with Crippen molar-refractivity contribution in [1.82, 2.24) is 10.3 Å². The lowest BCUT2D eigenvalue weighted by Gasteiger charge is -2.12. The first-order chi connectivity index (χ1) is 8.15. The molecule has 0 saturated heterocycles. The van der Waals surface area contributed by atoms with E-state index in [1.165, 1.54) is 0 Å². The molecule has 1 unspecified atom stereocenters. The van der Waals surface area contributed by atoms with E-state index in [2.05, 4.69) is 22.2 Å². The zero-order chi connectivity index (χ0) is 12.7. The molecule has 0 bridgehead atoms. The van der Waals surface area contributed by atoms with Crippen molar-refractivity contribution in [1.29, 1.82) is 0 Å². The van der Waals surface area contributed by atoms with E-state index in [1.807, 2.05) is 12.3 Å². The van der Waals surface area contributed by atoms with Gasteiger partial charge in [0.05, 0.1) is 23.9 Å². The summed E-state index contributed by atoms with van der Waals surface area (Å²) in [7, 11) is 1.66. The fourth-order valence-corrected chi connectivity index (χ4v) is 2.08. The van der Waals surface area contributed by atoms with Crippen molar-refractivity contribution < 1.29 is 4.74 Å². The zero-order valence-electron chi connectivity index (χ0n) is 10.6. The fourth-order valence-electron chi connectivity index (χ4n) is 1.34. The van der Waals surface area contributed by atoms with Gasteiger partial charge in [0.15, 0.2) is 5.96 Å². The number of nitrogens with one attached hydrogen (secondary N) is 1. The molecule has 0 aliphatic rings. The Balaban J connectivity index is 2.41. The molecular formula is C11H20N4OS. The van der Waals surface area contributed by atoms with Crippen molar-refractivity contribution in [2.24, 2.45) is 10.7 Å². The molecule has 1 heterocycles. The van der Waals surface area contributed by atoms with E-state index in [9.17, 15) is 0 Å². The molecule has 3 N–H and O–H groups in total. The van der Waals surface area contributed by atoms with Gasteiger partial charge in [-0.05, 0) is 13.3 Å². The van der Waals surface area contributed by atoms with E-state index in [1.54, 1.807) is 18.4 Å². The number of methoxy groups -OCH3 is 1. The number of aromatic nitrogens is 1. The molecule has 0 radical (unpaired) electrons. The van der Waals surface area contributed by atoms with Crippen LogP contribution in [-0.2, 0) is 17.7 Å². The van der Waals surface area contributed by atoms with Crippen LogP contribution in [0.4, 0.5) is 0 Å². The molecule has 1 atom stereocenters. The Kier molecular flexibility index (Phi) is 5.93. The Bertz CT molecular complexity index is 364. The van der Waals surface area contributed by atoms with Crippen molar-refractivity contribution in [2.75, 3.05) is 13.7 Å². The molecule has 1 aromatic rings. The molecule has 1 aromatic heterocycles. The van der Waals surface area contributed by atoms with Gasteiger partial charge in [0.1, 0.15) is 0 Å². The maximum absolute atomic E-state index is 5.75. The van der Waals surface area contributed by atoms with E-state index >= 15 is 0 Å². The van der Waals surface area contributed by atoms with E-state index in [0.717, 1.165) is 17.1 Å². The van der Waals surface area contributed by atoms with Gasteiger partial charge in [-0.2, -0.15) is 0 Å². The average Bonchev–Trinajstić information content (AvgIpc) is 2.74. The number of guanidine groups is 1. The highest BCUT2D eigenvalue weighted by Crippen LogP contribution is 2.10. The van der Waals surface area contributed by atoms with Crippen LogP contribution in [0.2, 0.25) is 0 Å². The third kappa shape index (κ3) is 5.14. The maximum Gasteiger partial charge on any atom is 0.189 e. The summed E-state index contributed by atoms with van der Waals surface area (Å²) in [5.74, 6) is 0.431. The van der Waals surface area contributed by atoms with Crippen molar-refractivity contribution in [3.05, 3.63) is 16.1 Å². The van der Waals surface area contributed by atoms with Gasteiger partial charge in [-0.3, -0.25) is 0 Å². The summed E-state index contributed by atoms with van der Waals surface area (Å²) < 4.78 is 5.00. The topological polar surface area (TPSA) is 72.5 Å². The Morgan fingerprint density at radius 2 is 2.47 bits per heavy atom. The third-order valence-electron chi connectivity index (χ3n) is 2.12. The van der Waals surface area contributed by atoms with Crippen molar-refractivity contribution in [3.8, 4) is 0 Å². The first kappa shape index (κ1) is 13.9. The normalized spacial score (nSPS) is 13.7. The first-order valence-electron chi connectivity index (χ1n) is 5.64. The van der Waals surface area contributed by atoms with Gasteiger partial charge in [0, 0.05) is 18.5 Å². The van der Waals surface area contributed by atoms with E-state index in [0.29, 0.717) is 19.1 Å². The van der Waals surface area contributed by atoms with Crippen LogP contribution >= 0.6 is 11.3 Å². The molecular weight excluding hydrogens is 236 g/mol. The largest absolute Gasteiger partial charge is 0.383 e. The molecule has 0 fully saturated rings. The minimum absolute atomic E-state index is 0.158. The van der Waals surface area contributed by atoms with Gasteiger partial charge in [-0.15, -0.1) is 11.3 Å². The van der Waals surface area contributed by atoms with Crippen LogP contribution in [0, 0.1) is 0 Å². The minimum atomic E-state index is 0.158. The summed E-state index contributed by atoms with van der Waals surface area (Å²) in [6.45, 7) is 5.21. The van der Waals surface area contributed by atoms with Gasteiger partial charge in [-0.1, -0.05) is 6.92 Å². The average molecular weight is 256 g/mol. The molecule has 5 nitrogen and oxygen atoms in total. The predicted molar refractivity (Wildman–Crippen MR) is 71.3 cm³/mol. The van der Waals surface area contributed by atoms with Gasteiger partial charge in [0.2, 0.25) is 0 Å². The molecule has 0 amide bonds. The van der Waals surface area contributed by atoms with E-state index in [-0.39, 0.29) is 6.04 Å². The number of nitrogens with two attached hydrogens (primary N) is 1. The number of thiazole rings is 1. The molecule has 17 heavy (non-hydrogen) atoms. The molecule has 0 saturated carbocycles. The molecule has 1 rings (SSSR count). The van der Waals surface area contributed by atoms with Gasteiger partial charge in [0.25, 0.3) is 0 Å². The minimum Gasteiger partial charge on any atom is -0.383 e. The van der Waals surface area contributed by atoms with Crippen LogP contribution in [0.5, 0.6) is 0 Å². The highest BCUT2D eigenvalue weighted by molar-refractivity contribution is 7.09. The molecule has 0 aromatic carbocycles. The fraction of sp³-hybridized carbons (Fsp3) is 0.636. The highest BCUT2D eigenvalue weighted by Gasteiger charge is 2.02. The van der Waals surface area contributed by atoms with E-state index in [4.69, 9.17) is 10.5 Å². The van der Waals surface area contributed by atoms with Crippen LogP contribution < -0.4 is 11.1 Å². The standard InChI is InChI=1S/C11H20N4OS/c1-4-10-15-9(7-17-10)5-13-11(12)14-8(2)6-16-3/h7-8H,4-6H2,1-3H3,(H3,12,13,14). The first-order valence-corrected chi connectivity index (χ1v) is 6.52. The lowest BCUT2D eigenvalue weighted by molar-refractivity contribution is 0.179. The summed E-state index contributed by atoms with van der Waals surface area (Å²) in [5, 5.41) is 6.21. The second-order valence-electron chi connectivity index (χ2n) is 3.79. The molecule has 6 heteroatoms. The van der Waals surface area contributed by atoms with Crippen LogP contribution in [0.25, 0.3) is 0 Å². The SMILES string of the molecule is CCc1nc(CN=C(N)NC(C)COC)cs1. The molecule has 0 aliphatic carbocycles. The van der Waals surface area contributed by atoms with Crippen LogP contribution in [-0.4, -0.2) is 30.7 Å². The molecule has 0 aliphatic heterocycles. The van der Waals surface area contributed by atoms with Gasteiger partial charge in [-0.25, -0.2) is 9.98 Å². The second-order valence-corrected chi connectivity index (χ2v) is 4.73. The summed E-state index contributed by atoms with van der Waals surface area (Å²) in [6.07, 6.45) is 0.965. The van der Waals surface area contributed by atoms with Gasteiger partial charge >= 0.3 is 0 Å². The van der Waals surface area contributed by atoms with Crippen LogP contribution in [0.1, 0.15) is 24.5 Å². The number of hydrogen-bond acceptors (Lipinski definition) is 4. The predicted octanol–water partition coefficient (Wildman–Crippen LogP) is 1.14. The summed E-state index contributed by atoms with van der Waals surface area (Å²) in [4.78, 5) is 8.66. The Hall–Kier alpha value is -1.14. The quantitative estimate of drug-likeness (QED) is 0.591.